The predicted octanol–water partition coefficient (Wildman–Crippen LogP) is 2.79. The van der Waals surface area contributed by atoms with Gasteiger partial charge in [-0.05, 0) is 37.8 Å². The Labute approximate surface area is 125 Å². The zero-order valence-electron chi connectivity index (χ0n) is 13.5. The van der Waals surface area contributed by atoms with Crippen LogP contribution in [0.2, 0.25) is 19.6 Å². The summed E-state index contributed by atoms with van der Waals surface area (Å²) in [5.41, 5.74) is 7.29. The number of nitrogens with two attached hydrogens (primary N) is 1. The lowest BCUT2D eigenvalue weighted by Crippen LogP contribution is -2.43. The van der Waals surface area contributed by atoms with Crippen LogP contribution in [0, 0.1) is 5.92 Å². The molecule has 0 bridgehead atoms. The summed E-state index contributed by atoms with van der Waals surface area (Å²) < 4.78 is 0. The molecular weight excluding hydrogens is 260 g/mol. The van der Waals surface area contributed by atoms with Gasteiger partial charge in [0.25, 0.3) is 0 Å². The van der Waals surface area contributed by atoms with E-state index in [9.17, 15) is 0 Å². The first-order chi connectivity index (χ1) is 9.40. The molecule has 2 rings (SSSR count). The lowest BCUT2D eigenvalue weighted by Gasteiger charge is -2.37. The molecular formula is C17H30N2Si. The van der Waals surface area contributed by atoms with E-state index < -0.39 is 8.07 Å². The summed E-state index contributed by atoms with van der Waals surface area (Å²) in [4.78, 5) is 2.60. The van der Waals surface area contributed by atoms with Crippen molar-refractivity contribution in [3.8, 4) is 0 Å². The van der Waals surface area contributed by atoms with Crippen LogP contribution in [0.3, 0.4) is 0 Å². The zero-order chi connectivity index (χ0) is 14.8. The number of nitrogens with zero attached hydrogens (tertiary/aromatic N) is 1. The van der Waals surface area contributed by atoms with Gasteiger partial charge in [0.05, 0.1) is 8.07 Å². The monoisotopic (exact) mass is 290 g/mol. The summed E-state index contributed by atoms with van der Waals surface area (Å²) in [6.07, 6.45) is 2.58. The predicted molar refractivity (Wildman–Crippen MR) is 91.1 cm³/mol. The average Bonchev–Trinajstić information content (AvgIpc) is 2.41. The van der Waals surface area contributed by atoms with Crippen LogP contribution in [0.5, 0.6) is 0 Å². The summed E-state index contributed by atoms with van der Waals surface area (Å²) in [7, 11) is -1.17. The number of likely N-dealkylation sites (tertiary alicyclic amines) is 1. The highest BCUT2D eigenvalue weighted by Gasteiger charge is 2.24. The highest BCUT2D eigenvalue weighted by molar-refractivity contribution is 6.88. The van der Waals surface area contributed by atoms with Crippen LogP contribution in [0.15, 0.2) is 24.3 Å². The van der Waals surface area contributed by atoms with E-state index in [-0.39, 0.29) is 0 Å². The molecule has 20 heavy (non-hydrogen) atoms. The van der Waals surface area contributed by atoms with Gasteiger partial charge in [0.1, 0.15) is 0 Å². The highest BCUT2D eigenvalue weighted by Crippen LogP contribution is 2.23. The molecule has 1 aromatic rings. The van der Waals surface area contributed by atoms with Gasteiger partial charge in [0.15, 0.2) is 0 Å². The lowest BCUT2D eigenvalue weighted by atomic mass is 9.93. The molecule has 0 spiro atoms. The average molecular weight is 291 g/mol. The summed E-state index contributed by atoms with van der Waals surface area (Å²) in [5.74, 6) is 0.687. The van der Waals surface area contributed by atoms with Gasteiger partial charge in [-0.25, -0.2) is 0 Å². The third-order valence-corrected chi connectivity index (χ3v) is 6.71. The SMILES string of the molecule is CC1CCC(CN)CN1Cc1ccc([Si](C)(C)C)cc1. The van der Waals surface area contributed by atoms with Crippen molar-refractivity contribution in [2.24, 2.45) is 11.7 Å². The summed E-state index contributed by atoms with van der Waals surface area (Å²) in [6.45, 7) is 12.6. The van der Waals surface area contributed by atoms with E-state index in [1.54, 1.807) is 5.19 Å². The number of piperidine rings is 1. The minimum Gasteiger partial charge on any atom is -0.330 e. The normalized spacial score (nSPS) is 24.9. The van der Waals surface area contributed by atoms with Gasteiger partial charge >= 0.3 is 0 Å². The van der Waals surface area contributed by atoms with Crippen LogP contribution in [-0.4, -0.2) is 32.1 Å². The summed E-state index contributed by atoms with van der Waals surface area (Å²) in [5, 5.41) is 1.55. The van der Waals surface area contributed by atoms with Crippen LogP contribution in [0.25, 0.3) is 0 Å². The van der Waals surface area contributed by atoms with E-state index in [1.807, 2.05) is 0 Å². The minimum atomic E-state index is -1.17. The number of hydrogen-bond acceptors (Lipinski definition) is 2. The Kier molecular flexibility index (Phi) is 5.05. The van der Waals surface area contributed by atoms with Crippen molar-refractivity contribution in [3.05, 3.63) is 29.8 Å². The van der Waals surface area contributed by atoms with E-state index in [0.717, 1.165) is 19.6 Å². The molecule has 1 heterocycles. The Morgan fingerprint density at radius 1 is 1.15 bits per heavy atom. The van der Waals surface area contributed by atoms with Crippen molar-refractivity contribution in [2.75, 3.05) is 13.1 Å². The van der Waals surface area contributed by atoms with Crippen molar-refractivity contribution in [1.29, 1.82) is 0 Å². The van der Waals surface area contributed by atoms with Gasteiger partial charge in [-0.3, -0.25) is 4.90 Å². The maximum Gasteiger partial charge on any atom is 0.0775 e. The second-order valence-corrected chi connectivity index (χ2v) is 12.5. The van der Waals surface area contributed by atoms with Crippen molar-refractivity contribution in [2.45, 2.75) is 52.0 Å². The Morgan fingerprint density at radius 2 is 1.80 bits per heavy atom. The molecule has 112 valence electrons. The van der Waals surface area contributed by atoms with E-state index in [1.165, 1.54) is 18.4 Å². The lowest BCUT2D eigenvalue weighted by molar-refractivity contribution is 0.113. The second-order valence-electron chi connectivity index (χ2n) is 7.40. The molecule has 1 aromatic carbocycles. The van der Waals surface area contributed by atoms with Gasteiger partial charge < -0.3 is 5.73 Å². The fourth-order valence-electron chi connectivity index (χ4n) is 3.02. The first-order valence-electron chi connectivity index (χ1n) is 7.93. The maximum atomic E-state index is 5.85. The van der Waals surface area contributed by atoms with E-state index in [2.05, 4.69) is 55.7 Å². The zero-order valence-corrected chi connectivity index (χ0v) is 14.5. The molecule has 0 aliphatic carbocycles. The molecule has 0 amide bonds. The second kappa shape index (κ2) is 6.42. The first-order valence-corrected chi connectivity index (χ1v) is 11.4. The molecule has 0 radical (unpaired) electrons. The fourth-order valence-corrected chi connectivity index (χ4v) is 4.19. The molecule has 1 fully saturated rings. The highest BCUT2D eigenvalue weighted by atomic mass is 28.3. The Balaban J connectivity index is 2.02. The number of hydrogen-bond donors (Lipinski definition) is 1. The third-order valence-electron chi connectivity index (χ3n) is 4.65. The maximum absolute atomic E-state index is 5.85. The van der Waals surface area contributed by atoms with Crippen molar-refractivity contribution in [3.63, 3.8) is 0 Å². The van der Waals surface area contributed by atoms with Crippen LogP contribution in [-0.2, 0) is 6.54 Å². The minimum absolute atomic E-state index is 0.687. The summed E-state index contributed by atoms with van der Waals surface area (Å²) in [6, 6.07) is 10.0. The van der Waals surface area contributed by atoms with Gasteiger partial charge in [0, 0.05) is 19.1 Å². The quantitative estimate of drug-likeness (QED) is 0.864. The van der Waals surface area contributed by atoms with Gasteiger partial charge in [-0.1, -0.05) is 49.1 Å². The molecule has 1 aliphatic heterocycles. The van der Waals surface area contributed by atoms with Crippen LogP contribution in [0.4, 0.5) is 0 Å². The molecule has 2 nitrogen and oxygen atoms in total. The van der Waals surface area contributed by atoms with Crippen LogP contribution in [0.1, 0.15) is 25.3 Å². The van der Waals surface area contributed by atoms with Crippen molar-refractivity contribution >= 4 is 13.3 Å². The van der Waals surface area contributed by atoms with E-state index in [0.29, 0.717) is 12.0 Å². The largest absolute Gasteiger partial charge is 0.330 e. The number of benzene rings is 1. The molecule has 0 saturated carbocycles. The van der Waals surface area contributed by atoms with Crippen LogP contribution >= 0.6 is 0 Å². The van der Waals surface area contributed by atoms with Crippen molar-refractivity contribution in [1.82, 2.24) is 4.90 Å². The molecule has 1 aliphatic rings. The first kappa shape index (κ1) is 15.7. The number of rotatable bonds is 4. The summed E-state index contributed by atoms with van der Waals surface area (Å²) >= 11 is 0. The third kappa shape index (κ3) is 3.93. The van der Waals surface area contributed by atoms with E-state index in [4.69, 9.17) is 5.73 Å². The Morgan fingerprint density at radius 3 is 2.35 bits per heavy atom. The Bertz CT molecular complexity index is 422. The van der Waals surface area contributed by atoms with Crippen LogP contribution < -0.4 is 10.9 Å². The molecule has 2 N–H and O–H groups in total. The van der Waals surface area contributed by atoms with Crippen molar-refractivity contribution < 1.29 is 0 Å². The standard InChI is InChI=1S/C17H30N2Si/c1-14-5-6-16(11-18)13-19(14)12-15-7-9-17(10-8-15)20(2,3)4/h7-10,14,16H,5-6,11-13,18H2,1-4H3. The topological polar surface area (TPSA) is 29.3 Å². The van der Waals surface area contributed by atoms with Gasteiger partial charge in [0.2, 0.25) is 0 Å². The molecule has 2 atom stereocenters. The van der Waals surface area contributed by atoms with E-state index >= 15 is 0 Å². The molecule has 0 aromatic heterocycles. The smallest absolute Gasteiger partial charge is 0.0775 e. The fraction of sp³-hybridized carbons (Fsp3) is 0.647. The molecule has 1 saturated heterocycles. The molecule has 3 heteroatoms. The van der Waals surface area contributed by atoms with Gasteiger partial charge in [-0.2, -0.15) is 0 Å². The molecule has 2 unspecified atom stereocenters. The Hall–Kier alpha value is -0.643. The van der Waals surface area contributed by atoms with Gasteiger partial charge in [-0.15, -0.1) is 0 Å².